The number of fused-ring (bicyclic) bond motifs is 1. The van der Waals surface area contributed by atoms with Crippen LogP contribution in [-0.4, -0.2) is 15.8 Å². The van der Waals surface area contributed by atoms with Crippen molar-refractivity contribution < 1.29 is 4.79 Å². The number of carbonyl (C=O) groups excluding carboxylic acids is 1. The number of nitrogens with zero attached hydrogens (tertiary/aromatic N) is 1. The fraction of sp³-hybridized carbons (Fsp3) is 0.321. The minimum atomic E-state index is -0.414. The van der Waals surface area contributed by atoms with Gasteiger partial charge in [-0.3, -0.25) is 9.59 Å². The van der Waals surface area contributed by atoms with E-state index in [9.17, 15) is 9.59 Å². The number of Topliss-reactive ketones (excluding diaryl/α,β-unsaturated/α-hetero) is 1. The van der Waals surface area contributed by atoms with E-state index in [2.05, 4.69) is 49.3 Å². The number of aryl methyl sites for hydroxylation is 2. The third-order valence-corrected chi connectivity index (χ3v) is 7.51. The lowest BCUT2D eigenvalue weighted by molar-refractivity contribution is -0.118. The van der Waals surface area contributed by atoms with Crippen molar-refractivity contribution in [1.82, 2.24) is 9.97 Å². The first-order valence-electron chi connectivity index (χ1n) is 11.6. The largest absolute Gasteiger partial charge is 0.343 e. The summed E-state index contributed by atoms with van der Waals surface area (Å²) in [6.07, 6.45) is 1.22. The molecule has 0 spiro atoms. The fourth-order valence-electron chi connectivity index (χ4n) is 5.01. The molecule has 0 amide bonds. The number of aromatic amines is 1. The molecule has 0 saturated heterocycles. The molecule has 34 heavy (non-hydrogen) atoms. The van der Waals surface area contributed by atoms with Crippen molar-refractivity contribution in [3.8, 4) is 0 Å². The molecular weight excluding hydrogens is 442 g/mol. The zero-order valence-electron chi connectivity index (χ0n) is 20.0. The first-order chi connectivity index (χ1) is 16.2. The Labute approximate surface area is 204 Å². The standard InChI is InChI=1S/C28H29N3O2S/c1-16-8-10-19(11-9-16)22-23-20(13-28(3,4)14-21(23)32)29-25-24(22)26(33)31-27(30-25)34-15-18-7-5-6-17(2)12-18/h5-12,22H,13-15H2,1-4H3,(H2,29,30,31,33)/t22-/m0/s1. The van der Waals surface area contributed by atoms with Crippen LogP contribution in [0.2, 0.25) is 0 Å². The van der Waals surface area contributed by atoms with Crippen molar-refractivity contribution in [2.75, 3.05) is 5.32 Å². The average Bonchev–Trinajstić information content (AvgIpc) is 2.76. The maximum absolute atomic E-state index is 13.4. The predicted octanol–water partition coefficient (Wildman–Crippen LogP) is 5.88. The van der Waals surface area contributed by atoms with Gasteiger partial charge in [-0.2, -0.15) is 0 Å². The summed E-state index contributed by atoms with van der Waals surface area (Å²) in [5, 5.41) is 3.97. The lowest BCUT2D eigenvalue weighted by Gasteiger charge is -2.38. The van der Waals surface area contributed by atoms with Crippen molar-refractivity contribution in [1.29, 1.82) is 0 Å². The zero-order chi connectivity index (χ0) is 24.0. The summed E-state index contributed by atoms with van der Waals surface area (Å²) in [6, 6.07) is 16.4. The molecule has 1 aliphatic heterocycles. The van der Waals surface area contributed by atoms with Crippen LogP contribution in [0.15, 0.2) is 69.8 Å². The van der Waals surface area contributed by atoms with Crippen LogP contribution in [0.1, 0.15) is 60.4 Å². The van der Waals surface area contributed by atoms with E-state index in [0.29, 0.717) is 34.3 Å². The van der Waals surface area contributed by atoms with E-state index < -0.39 is 5.92 Å². The fourth-order valence-corrected chi connectivity index (χ4v) is 5.81. The van der Waals surface area contributed by atoms with Gasteiger partial charge in [0, 0.05) is 29.4 Å². The summed E-state index contributed by atoms with van der Waals surface area (Å²) in [5.41, 5.74) is 6.27. The molecule has 0 bridgehead atoms. The SMILES string of the molecule is Cc1ccc([C@H]2C3=C(CC(C)(C)CC3=O)Nc3nc(SCc4cccc(C)c4)[nH]c(=O)c32)cc1. The van der Waals surface area contributed by atoms with Gasteiger partial charge in [-0.05, 0) is 36.8 Å². The molecule has 2 N–H and O–H groups in total. The number of allylic oxidation sites excluding steroid dienone is 2. The minimum Gasteiger partial charge on any atom is -0.343 e. The zero-order valence-corrected chi connectivity index (χ0v) is 20.8. The predicted molar refractivity (Wildman–Crippen MR) is 137 cm³/mol. The second kappa shape index (κ2) is 8.58. The Hall–Kier alpha value is -3.12. The Kier molecular flexibility index (Phi) is 5.72. The summed E-state index contributed by atoms with van der Waals surface area (Å²) in [6.45, 7) is 8.33. The molecule has 5 rings (SSSR count). The lowest BCUT2D eigenvalue weighted by atomic mass is 9.69. The Balaban J connectivity index is 1.58. The smallest absolute Gasteiger partial charge is 0.257 e. The van der Waals surface area contributed by atoms with Crippen LogP contribution in [0.25, 0.3) is 0 Å². The van der Waals surface area contributed by atoms with E-state index in [0.717, 1.165) is 23.2 Å². The van der Waals surface area contributed by atoms with Gasteiger partial charge in [0.1, 0.15) is 5.82 Å². The molecule has 174 valence electrons. The molecule has 1 aromatic heterocycles. The van der Waals surface area contributed by atoms with Gasteiger partial charge < -0.3 is 10.3 Å². The normalized spacial score (nSPS) is 18.8. The molecule has 5 nitrogen and oxygen atoms in total. The highest BCUT2D eigenvalue weighted by Gasteiger charge is 2.42. The third-order valence-electron chi connectivity index (χ3n) is 6.57. The van der Waals surface area contributed by atoms with Crippen molar-refractivity contribution in [2.45, 2.75) is 57.4 Å². The van der Waals surface area contributed by atoms with E-state index in [1.807, 2.05) is 37.3 Å². The van der Waals surface area contributed by atoms with Crippen LogP contribution in [0.4, 0.5) is 5.82 Å². The van der Waals surface area contributed by atoms with Crippen LogP contribution in [-0.2, 0) is 10.5 Å². The molecule has 0 saturated carbocycles. The van der Waals surface area contributed by atoms with Gasteiger partial charge in [-0.1, -0.05) is 85.3 Å². The molecule has 1 aliphatic carbocycles. The number of nitrogens with one attached hydrogen (secondary N) is 2. The van der Waals surface area contributed by atoms with Crippen LogP contribution >= 0.6 is 11.8 Å². The van der Waals surface area contributed by atoms with Crippen LogP contribution < -0.4 is 10.9 Å². The number of H-pyrrole nitrogens is 1. The Bertz CT molecular complexity index is 1370. The van der Waals surface area contributed by atoms with Gasteiger partial charge in [-0.15, -0.1) is 0 Å². The number of aromatic nitrogens is 2. The van der Waals surface area contributed by atoms with Crippen molar-refractivity contribution in [3.63, 3.8) is 0 Å². The Morgan fingerprint density at radius 2 is 1.79 bits per heavy atom. The monoisotopic (exact) mass is 471 g/mol. The third kappa shape index (κ3) is 4.34. The second-order valence-electron chi connectivity index (χ2n) is 10.2. The quantitative estimate of drug-likeness (QED) is 0.367. The summed E-state index contributed by atoms with van der Waals surface area (Å²) in [5.74, 6) is 0.963. The van der Waals surface area contributed by atoms with Crippen LogP contribution in [0.5, 0.6) is 0 Å². The van der Waals surface area contributed by atoms with Gasteiger partial charge in [0.25, 0.3) is 5.56 Å². The van der Waals surface area contributed by atoms with Crippen LogP contribution in [0.3, 0.4) is 0 Å². The van der Waals surface area contributed by atoms with Gasteiger partial charge in [0.2, 0.25) is 0 Å². The highest BCUT2D eigenvalue weighted by atomic mass is 32.2. The lowest BCUT2D eigenvalue weighted by Crippen LogP contribution is -2.37. The number of rotatable bonds is 4. The minimum absolute atomic E-state index is 0.104. The van der Waals surface area contributed by atoms with E-state index in [4.69, 9.17) is 4.98 Å². The summed E-state index contributed by atoms with van der Waals surface area (Å²) in [4.78, 5) is 34.6. The molecule has 0 fully saturated rings. The Morgan fingerprint density at radius 3 is 2.53 bits per heavy atom. The summed E-state index contributed by atoms with van der Waals surface area (Å²) >= 11 is 1.51. The molecular formula is C28H29N3O2S. The van der Waals surface area contributed by atoms with Crippen LogP contribution in [0, 0.1) is 19.3 Å². The first-order valence-corrected chi connectivity index (χ1v) is 12.6. The summed E-state index contributed by atoms with van der Waals surface area (Å²) < 4.78 is 0. The highest BCUT2D eigenvalue weighted by Crippen LogP contribution is 2.47. The number of anilines is 1. The number of carbonyl (C=O) groups is 1. The molecule has 3 aromatic rings. The molecule has 1 atom stereocenters. The number of benzene rings is 2. The van der Waals surface area contributed by atoms with E-state index in [-0.39, 0.29) is 16.8 Å². The maximum Gasteiger partial charge on any atom is 0.257 e. The van der Waals surface area contributed by atoms with E-state index >= 15 is 0 Å². The van der Waals surface area contributed by atoms with Crippen molar-refractivity contribution in [2.24, 2.45) is 5.41 Å². The topological polar surface area (TPSA) is 74.8 Å². The molecule has 6 heteroatoms. The number of ketones is 1. The molecule has 2 heterocycles. The number of thioether (sulfide) groups is 1. The molecule has 2 aliphatic rings. The van der Waals surface area contributed by atoms with Gasteiger partial charge in [0.15, 0.2) is 10.9 Å². The van der Waals surface area contributed by atoms with Crippen molar-refractivity contribution in [3.05, 3.63) is 98.0 Å². The highest BCUT2D eigenvalue weighted by molar-refractivity contribution is 7.98. The van der Waals surface area contributed by atoms with Gasteiger partial charge in [-0.25, -0.2) is 4.98 Å². The van der Waals surface area contributed by atoms with E-state index in [1.54, 1.807) is 0 Å². The van der Waals surface area contributed by atoms with Gasteiger partial charge >= 0.3 is 0 Å². The second-order valence-corrected chi connectivity index (χ2v) is 11.2. The van der Waals surface area contributed by atoms with E-state index in [1.165, 1.54) is 22.9 Å². The number of hydrogen-bond acceptors (Lipinski definition) is 5. The average molecular weight is 472 g/mol. The maximum atomic E-state index is 13.4. The summed E-state index contributed by atoms with van der Waals surface area (Å²) in [7, 11) is 0. The van der Waals surface area contributed by atoms with Crippen molar-refractivity contribution >= 4 is 23.4 Å². The first kappa shape index (κ1) is 22.7. The molecule has 0 radical (unpaired) electrons. The number of hydrogen-bond donors (Lipinski definition) is 2. The molecule has 2 aromatic carbocycles. The van der Waals surface area contributed by atoms with Gasteiger partial charge in [0.05, 0.1) is 5.56 Å². The Morgan fingerprint density at radius 1 is 1.03 bits per heavy atom. The molecule has 0 unspecified atom stereocenters.